The van der Waals surface area contributed by atoms with Crippen LogP contribution in [0.3, 0.4) is 0 Å². The van der Waals surface area contributed by atoms with Gasteiger partial charge in [0.05, 0.1) is 23.7 Å². The topological polar surface area (TPSA) is 59.4 Å². The maximum absolute atomic E-state index is 12.7. The summed E-state index contributed by atoms with van der Waals surface area (Å²) in [6.45, 7) is 1.59. The van der Waals surface area contributed by atoms with Gasteiger partial charge < -0.3 is 9.84 Å². The minimum absolute atomic E-state index is 0.0419. The Morgan fingerprint density at radius 2 is 2.29 bits per heavy atom. The van der Waals surface area contributed by atoms with Gasteiger partial charge in [-0.15, -0.1) is 11.6 Å². The average Bonchev–Trinajstić information content (AvgIpc) is 2.28. The van der Waals surface area contributed by atoms with Gasteiger partial charge in [-0.05, 0) is 13.0 Å². The van der Waals surface area contributed by atoms with Gasteiger partial charge >= 0.3 is 5.97 Å². The molecule has 0 saturated heterocycles. The molecule has 0 unspecified atom stereocenters. The zero-order valence-corrected chi connectivity index (χ0v) is 9.67. The van der Waals surface area contributed by atoms with Gasteiger partial charge in [0.2, 0.25) is 0 Å². The summed E-state index contributed by atoms with van der Waals surface area (Å²) in [6, 6.07) is 0.779. The highest BCUT2D eigenvalue weighted by Crippen LogP contribution is 2.28. The molecule has 1 aromatic heterocycles. The van der Waals surface area contributed by atoms with E-state index in [-0.39, 0.29) is 18.2 Å². The summed E-state index contributed by atoms with van der Waals surface area (Å²) in [5.41, 5.74) is -1.23. The van der Waals surface area contributed by atoms with Crippen molar-refractivity contribution in [2.24, 2.45) is 0 Å². The summed E-state index contributed by atoms with van der Waals surface area (Å²) in [5, 5.41) is 9.34. The van der Waals surface area contributed by atoms with Crippen LogP contribution >= 0.6 is 11.6 Å². The highest BCUT2D eigenvalue weighted by atomic mass is 35.5. The van der Waals surface area contributed by atoms with Crippen LogP contribution in [0.2, 0.25) is 0 Å². The van der Waals surface area contributed by atoms with E-state index in [9.17, 15) is 18.7 Å². The van der Waals surface area contributed by atoms with Crippen LogP contribution < -0.4 is 0 Å². The highest BCUT2D eigenvalue weighted by molar-refractivity contribution is 6.17. The zero-order chi connectivity index (χ0) is 13.0. The highest BCUT2D eigenvalue weighted by Gasteiger charge is 2.23. The standard InChI is InChI=1S/C10H10ClF2NO3/c1-2-17-10(16)8-5(9(12)13)3-7(15)6(4-11)14-8/h3,9,15H,2,4H2,1H3. The molecule has 0 aliphatic rings. The number of hydrogen-bond donors (Lipinski definition) is 1. The summed E-state index contributed by atoms with van der Waals surface area (Å²) >= 11 is 5.46. The maximum atomic E-state index is 12.7. The van der Waals surface area contributed by atoms with Crippen LogP contribution in [0.25, 0.3) is 0 Å². The third kappa shape index (κ3) is 3.03. The first-order valence-electron chi connectivity index (χ1n) is 4.75. The molecule has 0 bridgehead atoms. The molecule has 0 aromatic carbocycles. The molecule has 0 aliphatic carbocycles. The lowest BCUT2D eigenvalue weighted by molar-refractivity contribution is 0.0507. The van der Waals surface area contributed by atoms with E-state index in [1.807, 2.05) is 0 Å². The molecule has 7 heteroatoms. The first-order valence-corrected chi connectivity index (χ1v) is 5.28. The fourth-order valence-electron chi connectivity index (χ4n) is 1.18. The molecule has 0 spiro atoms. The lowest BCUT2D eigenvalue weighted by Crippen LogP contribution is -2.12. The van der Waals surface area contributed by atoms with E-state index in [0.29, 0.717) is 0 Å². The Morgan fingerprint density at radius 3 is 2.76 bits per heavy atom. The average molecular weight is 266 g/mol. The lowest BCUT2D eigenvalue weighted by Gasteiger charge is -2.10. The van der Waals surface area contributed by atoms with Crippen LogP contribution in [-0.4, -0.2) is 22.7 Å². The summed E-state index contributed by atoms with van der Waals surface area (Å²) in [5.74, 6) is -1.63. The molecule has 0 atom stereocenters. The first kappa shape index (κ1) is 13.6. The number of rotatable bonds is 4. The molecule has 1 N–H and O–H groups in total. The number of ether oxygens (including phenoxy) is 1. The van der Waals surface area contributed by atoms with Gasteiger partial charge in [0, 0.05) is 0 Å². The monoisotopic (exact) mass is 265 g/mol. The van der Waals surface area contributed by atoms with Crippen molar-refractivity contribution in [3.05, 3.63) is 23.0 Å². The van der Waals surface area contributed by atoms with E-state index in [1.165, 1.54) is 0 Å². The Kier molecular flexibility index (Phi) is 4.62. The Balaban J connectivity index is 3.28. The molecule has 94 valence electrons. The summed E-state index contributed by atoms with van der Waals surface area (Å²) in [6.07, 6.45) is -2.93. The predicted molar refractivity (Wildman–Crippen MR) is 56.4 cm³/mol. The SMILES string of the molecule is CCOC(=O)c1nc(CCl)c(O)cc1C(F)F. The number of alkyl halides is 3. The number of nitrogens with zero attached hydrogens (tertiary/aromatic N) is 1. The van der Waals surface area contributed by atoms with Gasteiger partial charge in [0.15, 0.2) is 5.69 Å². The van der Waals surface area contributed by atoms with Crippen molar-refractivity contribution in [1.82, 2.24) is 4.98 Å². The van der Waals surface area contributed by atoms with Crippen molar-refractivity contribution < 1.29 is 23.4 Å². The largest absolute Gasteiger partial charge is 0.506 e. The number of halogens is 3. The minimum Gasteiger partial charge on any atom is -0.506 e. The Bertz CT molecular complexity index is 426. The van der Waals surface area contributed by atoms with E-state index in [1.54, 1.807) is 6.92 Å². The van der Waals surface area contributed by atoms with Gasteiger partial charge in [-0.1, -0.05) is 0 Å². The quantitative estimate of drug-likeness (QED) is 0.672. The van der Waals surface area contributed by atoms with E-state index in [0.717, 1.165) is 6.07 Å². The molecule has 4 nitrogen and oxygen atoms in total. The molecule has 17 heavy (non-hydrogen) atoms. The number of hydrogen-bond acceptors (Lipinski definition) is 4. The zero-order valence-electron chi connectivity index (χ0n) is 8.91. The fourth-order valence-corrected chi connectivity index (χ4v) is 1.38. The van der Waals surface area contributed by atoms with Crippen molar-refractivity contribution in [3.63, 3.8) is 0 Å². The Labute approximate surface area is 101 Å². The summed E-state index contributed by atoms with van der Waals surface area (Å²) in [7, 11) is 0. The second-order valence-electron chi connectivity index (χ2n) is 3.05. The number of aromatic hydroxyl groups is 1. The third-order valence-electron chi connectivity index (χ3n) is 1.94. The smallest absolute Gasteiger partial charge is 0.357 e. The van der Waals surface area contributed by atoms with Gasteiger partial charge in [0.25, 0.3) is 6.43 Å². The van der Waals surface area contributed by atoms with Crippen LogP contribution in [0, 0.1) is 0 Å². The van der Waals surface area contributed by atoms with E-state index in [4.69, 9.17) is 11.6 Å². The number of carbonyl (C=O) groups is 1. The Hall–Kier alpha value is -1.43. The molecular weight excluding hydrogens is 256 g/mol. The molecule has 1 aromatic rings. The van der Waals surface area contributed by atoms with Crippen molar-refractivity contribution in [2.75, 3.05) is 6.61 Å². The molecule has 0 fully saturated rings. The number of pyridine rings is 1. The van der Waals surface area contributed by atoms with Gasteiger partial charge in [-0.2, -0.15) is 0 Å². The third-order valence-corrected chi connectivity index (χ3v) is 2.19. The van der Waals surface area contributed by atoms with Crippen molar-refractivity contribution >= 4 is 17.6 Å². The van der Waals surface area contributed by atoms with E-state index >= 15 is 0 Å². The van der Waals surface area contributed by atoms with E-state index in [2.05, 4.69) is 9.72 Å². The normalized spacial score (nSPS) is 10.6. The number of esters is 1. The second kappa shape index (κ2) is 5.77. The fraction of sp³-hybridized carbons (Fsp3) is 0.400. The van der Waals surface area contributed by atoms with Crippen LogP contribution in [0.4, 0.5) is 8.78 Å². The van der Waals surface area contributed by atoms with Gasteiger partial charge in [0.1, 0.15) is 5.75 Å². The second-order valence-corrected chi connectivity index (χ2v) is 3.31. The number of aromatic nitrogens is 1. The van der Waals surface area contributed by atoms with Crippen LogP contribution in [-0.2, 0) is 10.6 Å². The van der Waals surface area contributed by atoms with Crippen molar-refractivity contribution in [3.8, 4) is 5.75 Å². The van der Waals surface area contributed by atoms with Crippen molar-refractivity contribution in [1.29, 1.82) is 0 Å². The predicted octanol–water partition coefficient (Wildman–Crippen LogP) is 2.64. The number of carbonyl (C=O) groups excluding carboxylic acids is 1. The van der Waals surface area contributed by atoms with Gasteiger partial charge in [-0.3, -0.25) is 0 Å². The van der Waals surface area contributed by atoms with Gasteiger partial charge in [-0.25, -0.2) is 18.6 Å². The molecule has 0 radical (unpaired) electrons. The van der Waals surface area contributed by atoms with Crippen LogP contribution in [0.15, 0.2) is 6.07 Å². The van der Waals surface area contributed by atoms with E-state index < -0.39 is 29.4 Å². The lowest BCUT2D eigenvalue weighted by atomic mass is 10.1. The Morgan fingerprint density at radius 1 is 1.65 bits per heavy atom. The molecular formula is C10H10ClF2NO3. The maximum Gasteiger partial charge on any atom is 0.357 e. The summed E-state index contributed by atoms with van der Waals surface area (Å²) < 4.78 is 29.9. The van der Waals surface area contributed by atoms with Crippen LogP contribution in [0.5, 0.6) is 5.75 Å². The molecule has 0 aliphatic heterocycles. The molecule has 0 saturated carbocycles. The molecule has 1 rings (SSSR count). The molecule has 0 amide bonds. The molecule has 1 heterocycles. The first-order chi connectivity index (χ1) is 8.01. The van der Waals surface area contributed by atoms with Crippen molar-refractivity contribution in [2.45, 2.75) is 19.2 Å². The summed E-state index contributed by atoms with van der Waals surface area (Å²) in [4.78, 5) is 15.0. The van der Waals surface area contributed by atoms with Crippen LogP contribution in [0.1, 0.15) is 35.1 Å². The minimum atomic E-state index is -2.93.